The lowest BCUT2D eigenvalue weighted by Gasteiger charge is -2.36. The van der Waals surface area contributed by atoms with Crippen LogP contribution < -0.4 is 9.80 Å². The first-order valence-corrected chi connectivity index (χ1v) is 10.4. The number of piperazine rings is 1. The molecule has 0 spiro atoms. The summed E-state index contributed by atoms with van der Waals surface area (Å²) in [7, 11) is 0. The zero-order chi connectivity index (χ0) is 18.4. The van der Waals surface area contributed by atoms with Crippen LogP contribution in [0.4, 0.5) is 10.9 Å². The van der Waals surface area contributed by atoms with Gasteiger partial charge in [0.05, 0.1) is 16.3 Å². The van der Waals surface area contributed by atoms with Gasteiger partial charge in [0.1, 0.15) is 11.6 Å². The predicted molar refractivity (Wildman–Crippen MR) is 109 cm³/mol. The maximum atomic E-state index is 9.59. The van der Waals surface area contributed by atoms with Gasteiger partial charge in [-0.2, -0.15) is 0 Å². The van der Waals surface area contributed by atoms with Gasteiger partial charge in [-0.15, -0.1) is 0 Å². The molecule has 0 bridgehead atoms. The van der Waals surface area contributed by atoms with Crippen LogP contribution in [-0.2, 0) is 0 Å². The number of benzene rings is 1. The second kappa shape index (κ2) is 6.73. The van der Waals surface area contributed by atoms with Gasteiger partial charge in [0.25, 0.3) is 0 Å². The number of hydrogen-bond acceptors (Lipinski definition) is 7. The highest BCUT2D eigenvalue weighted by Gasteiger charge is 2.31. The van der Waals surface area contributed by atoms with Gasteiger partial charge in [0, 0.05) is 43.9 Å². The fourth-order valence-corrected chi connectivity index (χ4v) is 4.91. The highest BCUT2D eigenvalue weighted by Crippen LogP contribution is 2.37. The van der Waals surface area contributed by atoms with Crippen molar-refractivity contribution in [1.82, 2.24) is 15.0 Å². The number of nitrogens with zero attached hydrogens (tertiary/aromatic N) is 5. The van der Waals surface area contributed by atoms with E-state index in [1.54, 1.807) is 11.3 Å². The third kappa shape index (κ3) is 3.26. The van der Waals surface area contributed by atoms with Crippen LogP contribution in [0.25, 0.3) is 10.2 Å². The number of anilines is 2. The minimum Gasteiger partial charge on any atom is -0.393 e. The van der Waals surface area contributed by atoms with E-state index in [9.17, 15) is 5.11 Å². The lowest BCUT2D eigenvalue weighted by atomic mass is 9.80. The first kappa shape index (κ1) is 16.9. The Bertz CT molecular complexity index is 927. The van der Waals surface area contributed by atoms with E-state index in [1.165, 1.54) is 4.70 Å². The van der Waals surface area contributed by atoms with Crippen LogP contribution in [0.2, 0.25) is 0 Å². The minimum atomic E-state index is -0.161. The third-order valence-corrected chi connectivity index (χ3v) is 6.63. The molecule has 5 rings (SSSR count). The molecular formula is C20H23N5OS. The van der Waals surface area contributed by atoms with Gasteiger partial charge in [-0.05, 0) is 31.9 Å². The van der Waals surface area contributed by atoms with Crippen LogP contribution in [0.5, 0.6) is 0 Å². The van der Waals surface area contributed by atoms with Crippen molar-refractivity contribution in [3.63, 3.8) is 0 Å². The lowest BCUT2D eigenvalue weighted by Crippen LogP contribution is -2.47. The molecule has 3 aromatic rings. The Morgan fingerprint density at radius 1 is 1.00 bits per heavy atom. The smallest absolute Gasteiger partial charge is 0.186 e. The molecule has 2 aromatic heterocycles. The molecule has 140 valence electrons. The normalized spacial score (nSPS) is 22.9. The number of aliphatic hydroxyl groups is 1. The molecule has 1 saturated heterocycles. The maximum absolute atomic E-state index is 9.59. The summed E-state index contributed by atoms with van der Waals surface area (Å²) in [4.78, 5) is 18.8. The summed E-state index contributed by atoms with van der Waals surface area (Å²) in [6.45, 7) is 5.71. The summed E-state index contributed by atoms with van der Waals surface area (Å²) in [5.74, 6) is 2.21. The summed E-state index contributed by atoms with van der Waals surface area (Å²) < 4.78 is 1.24. The van der Waals surface area contributed by atoms with E-state index in [1.807, 2.05) is 13.0 Å². The Morgan fingerprint density at radius 3 is 2.48 bits per heavy atom. The Hall–Kier alpha value is -2.25. The fraction of sp³-hybridized carbons (Fsp3) is 0.450. The number of aliphatic hydroxyl groups excluding tert-OH is 1. The zero-order valence-electron chi connectivity index (χ0n) is 15.4. The Kier molecular flexibility index (Phi) is 4.21. The molecule has 2 fully saturated rings. The van der Waals surface area contributed by atoms with Crippen LogP contribution in [0, 0.1) is 6.92 Å². The molecule has 6 nitrogen and oxygen atoms in total. The average Bonchev–Trinajstić information content (AvgIpc) is 3.09. The SMILES string of the molecule is Cc1nc(C2CC(O)C2)cc(N2CCN(c3nc4ccccc4s3)CC2)n1. The van der Waals surface area contributed by atoms with Crippen molar-refractivity contribution in [1.29, 1.82) is 0 Å². The van der Waals surface area contributed by atoms with Crippen LogP contribution in [0.1, 0.15) is 30.3 Å². The lowest BCUT2D eigenvalue weighted by molar-refractivity contribution is 0.0731. The number of hydrogen-bond donors (Lipinski definition) is 1. The molecule has 2 aliphatic rings. The van der Waals surface area contributed by atoms with E-state index in [2.05, 4.69) is 44.0 Å². The number of rotatable bonds is 3. The van der Waals surface area contributed by atoms with Crippen molar-refractivity contribution in [2.75, 3.05) is 36.0 Å². The summed E-state index contributed by atoms with van der Waals surface area (Å²) in [5, 5.41) is 10.7. The molecule has 27 heavy (non-hydrogen) atoms. The standard InChI is InChI=1S/C20H23N5OS/c1-13-21-17(14-10-15(26)11-14)12-19(22-13)24-6-8-25(9-7-24)20-23-16-4-2-3-5-18(16)27-20/h2-5,12,14-15,26H,6-11H2,1H3. The highest BCUT2D eigenvalue weighted by atomic mass is 32.1. The molecular weight excluding hydrogens is 358 g/mol. The van der Waals surface area contributed by atoms with Gasteiger partial charge in [-0.3, -0.25) is 0 Å². The number of aryl methyl sites for hydroxylation is 1. The number of para-hydroxylation sites is 1. The molecule has 1 N–H and O–H groups in total. The van der Waals surface area contributed by atoms with Crippen LogP contribution in [0.3, 0.4) is 0 Å². The molecule has 0 amide bonds. The summed E-state index contributed by atoms with van der Waals surface area (Å²) >= 11 is 1.77. The van der Waals surface area contributed by atoms with Gasteiger partial charge in [0.15, 0.2) is 5.13 Å². The first-order chi connectivity index (χ1) is 13.2. The average molecular weight is 382 g/mol. The second-order valence-corrected chi connectivity index (χ2v) is 8.47. The molecule has 3 heterocycles. The topological polar surface area (TPSA) is 65.4 Å². The third-order valence-electron chi connectivity index (χ3n) is 5.53. The van der Waals surface area contributed by atoms with Crippen molar-refractivity contribution in [2.24, 2.45) is 0 Å². The van der Waals surface area contributed by atoms with E-state index >= 15 is 0 Å². The van der Waals surface area contributed by atoms with Gasteiger partial charge in [-0.1, -0.05) is 23.5 Å². The van der Waals surface area contributed by atoms with Crippen molar-refractivity contribution in [2.45, 2.75) is 31.8 Å². The highest BCUT2D eigenvalue weighted by molar-refractivity contribution is 7.22. The predicted octanol–water partition coefficient (Wildman–Crippen LogP) is 2.96. The molecule has 0 unspecified atom stereocenters. The van der Waals surface area contributed by atoms with Gasteiger partial charge in [0.2, 0.25) is 0 Å². The van der Waals surface area contributed by atoms with E-state index in [0.717, 1.165) is 67.0 Å². The van der Waals surface area contributed by atoms with Crippen molar-refractivity contribution in [3.05, 3.63) is 41.9 Å². The molecule has 0 atom stereocenters. The number of aromatic nitrogens is 3. The van der Waals surface area contributed by atoms with Crippen molar-refractivity contribution in [3.8, 4) is 0 Å². The Morgan fingerprint density at radius 2 is 1.74 bits per heavy atom. The van der Waals surface area contributed by atoms with Crippen LogP contribution >= 0.6 is 11.3 Å². The van der Waals surface area contributed by atoms with Gasteiger partial charge in [-0.25, -0.2) is 15.0 Å². The Balaban J connectivity index is 1.30. The molecule has 1 saturated carbocycles. The zero-order valence-corrected chi connectivity index (χ0v) is 16.2. The molecule has 1 aliphatic heterocycles. The first-order valence-electron chi connectivity index (χ1n) is 9.55. The van der Waals surface area contributed by atoms with E-state index < -0.39 is 0 Å². The van der Waals surface area contributed by atoms with Gasteiger partial charge >= 0.3 is 0 Å². The monoisotopic (exact) mass is 381 g/mol. The van der Waals surface area contributed by atoms with E-state index in [4.69, 9.17) is 4.98 Å². The quantitative estimate of drug-likeness (QED) is 0.752. The molecule has 1 aromatic carbocycles. The summed E-state index contributed by atoms with van der Waals surface area (Å²) in [6, 6.07) is 10.4. The molecule has 0 radical (unpaired) electrons. The maximum Gasteiger partial charge on any atom is 0.186 e. The summed E-state index contributed by atoms with van der Waals surface area (Å²) in [5.41, 5.74) is 2.16. The number of fused-ring (bicyclic) bond motifs is 1. The second-order valence-electron chi connectivity index (χ2n) is 7.46. The fourth-order valence-electron chi connectivity index (χ4n) is 3.90. The van der Waals surface area contributed by atoms with E-state index in [0.29, 0.717) is 5.92 Å². The Labute approximate surface area is 162 Å². The van der Waals surface area contributed by atoms with E-state index in [-0.39, 0.29) is 6.10 Å². The summed E-state index contributed by atoms with van der Waals surface area (Å²) in [6.07, 6.45) is 1.48. The largest absolute Gasteiger partial charge is 0.393 e. The van der Waals surface area contributed by atoms with Crippen LogP contribution in [-0.4, -0.2) is 52.3 Å². The number of thiazole rings is 1. The van der Waals surface area contributed by atoms with Gasteiger partial charge < -0.3 is 14.9 Å². The molecule has 1 aliphatic carbocycles. The minimum absolute atomic E-state index is 0.161. The van der Waals surface area contributed by atoms with Crippen LogP contribution in [0.15, 0.2) is 30.3 Å². The van der Waals surface area contributed by atoms with Crippen molar-refractivity contribution < 1.29 is 5.11 Å². The van der Waals surface area contributed by atoms with Crippen molar-refractivity contribution >= 4 is 32.5 Å². The molecule has 7 heteroatoms.